The zero-order valence-electron chi connectivity index (χ0n) is 7.37. The maximum absolute atomic E-state index is 11.0. The van der Waals surface area contributed by atoms with E-state index in [4.69, 9.17) is 0 Å². The topological polar surface area (TPSA) is 29.5 Å². The summed E-state index contributed by atoms with van der Waals surface area (Å²) in [6.07, 6.45) is 2.90. The van der Waals surface area contributed by atoms with E-state index in [2.05, 4.69) is 9.64 Å². The van der Waals surface area contributed by atoms with E-state index < -0.39 is 0 Å². The normalized spacial score (nSPS) is 17.7. The molecule has 0 saturated carbocycles. The largest absolute Gasteiger partial charge is 0.466 e. The second-order valence-electron chi connectivity index (χ2n) is 2.75. The number of methoxy groups -OCH3 is 1. The Morgan fingerprint density at radius 2 is 2.33 bits per heavy atom. The number of carbonyl (C=O) groups is 1. The van der Waals surface area contributed by atoms with Gasteiger partial charge in [-0.15, -0.1) is 12.4 Å². The number of rotatable bonds is 1. The smallest absolute Gasteiger partial charge is 0.334 e. The van der Waals surface area contributed by atoms with Crippen molar-refractivity contribution in [2.24, 2.45) is 0 Å². The van der Waals surface area contributed by atoms with E-state index >= 15 is 0 Å². The van der Waals surface area contributed by atoms with Gasteiger partial charge in [0.2, 0.25) is 0 Å². The summed E-state index contributed by atoms with van der Waals surface area (Å²) in [4.78, 5) is 13.1. The molecule has 3 nitrogen and oxygen atoms in total. The van der Waals surface area contributed by atoms with Crippen LogP contribution < -0.4 is 0 Å². The molecule has 0 N–H and O–H groups in total. The molecule has 0 aromatic carbocycles. The van der Waals surface area contributed by atoms with Gasteiger partial charge in [-0.3, -0.25) is 0 Å². The second kappa shape index (κ2) is 5.17. The van der Waals surface area contributed by atoms with Crippen LogP contribution in [0.15, 0.2) is 11.6 Å². The first-order valence-corrected chi connectivity index (χ1v) is 3.70. The van der Waals surface area contributed by atoms with Crippen molar-refractivity contribution >= 4 is 18.4 Å². The fourth-order valence-corrected chi connectivity index (χ4v) is 1.17. The average Bonchev–Trinajstić information content (AvgIpc) is 2.03. The van der Waals surface area contributed by atoms with Crippen LogP contribution in [-0.4, -0.2) is 38.1 Å². The Bertz CT molecular complexity index is 191. The van der Waals surface area contributed by atoms with Crippen molar-refractivity contribution in [3.05, 3.63) is 11.6 Å². The van der Waals surface area contributed by atoms with Crippen molar-refractivity contribution in [1.82, 2.24) is 4.90 Å². The molecule has 1 aliphatic heterocycles. The molecule has 0 bridgehead atoms. The summed E-state index contributed by atoms with van der Waals surface area (Å²) >= 11 is 0. The highest BCUT2D eigenvalue weighted by molar-refractivity contribution is 5.88. The SMILES string of the molecule is COC(=O)C1=CCCN(C)C1.Cl. The fourth-order valence-electron chi connectivity index (χ4n) is 1.17. The van der Waals surface area contributed by atoms with Gasteiger partial charge in [-0.25, -0.2) is 4.79 Å². The summed E-state index contributed by atoms with van der Waals surface area (Å²) in [6, 6.07) is 0. The molecule has 4 heteroatoms. The quantitative estimate of drug-likeness (QED) is 0.576. The van der Waals surface area contributed by atoms with Gasteiger partial charge in [0.05, 0.1) is 7.11 Å². The highest BCUT2D eigenvalue weighted by Crippen LogP contribution is 2.08. The number of esters is 1. The predicted octanol–water partition coefficient (Wildman–Crippen LogP) is 0.843. The molecular formula is C8H14ClNO2. The van der Waals surface area contributed by atoms with Gasteiger partial charge >= 0.3 is 5.97 Å². The van der Waals surface area contributed by atoms with Crippen molar-refractivity contribution in [2.75, 3.05) is 27.2 Å². The number of halogens is 1. The lowest BCUT2D eigenvalue weighted by Crippen LogP contribution is -2.28. The van der Waals surface area contributed by atoms with E-state index in [1.165, 1.54) is 7.11 Å². The van der Waals surface area contributed by atoms with E-state index in [1.54, 1.807) is 0 Å². The Balaban J connectivity index is 0.00000121. The summed E-state index contributed by atoms with van der Waals surface area (Å²) in [5.74, 6) is -0.198. The van der Waals surface area contributed by atoms with Crippen LogP contribution in [0.2, 0.25) is 0 Å². The summed E-state index contributed by atoms with van der Waals surface area (Å²) < 4.78 is 4.60. The number of carbonyl (C=O) groups excluding carboxylic acids is 1. The standard InChI is InChI=1S/C8H13NO2.ClH/c1-9-5-3-4-7(6-9)8(10)11-2;/h4H,3,5-6H2,1-2H3;1H. The minimum atomic E-state index is -0.198. The van der Waals surface area contributed by atoms with Crippen LogP contribution in [0, 0.1) is 0 Å². The van der Waals surface area contributed by atoms with Gasteiger partial charge in [-0.05, 0) is 13.5 Å². The molecule has 1 heterocycles. The molecule has 0 atom stereocenters. The van der Waals surface area contributed by atoms with Crippen LogP contribution in [0.4, 0.5) is 0 Å². The Morgan fingerprint density at radius 1 is 1.67 bits per heavy atom. The molecule has 0 amide bonds. The maximum atomic E-state index is 11.0. The van der Waals surface area contributed by atoms with Gasteiger partial charge in [0, 0.05) is 18.7 Å². The van der Waals surface area contributed by atoms with E-state index in [0.29, 0.717) is 6.54 Å². The second-order valence-corrected chi connectivity index (χ2v) is 2.75. The third kappa shape index (κ3) is 2.83. The first-order valence-electron chi connectivity index (χ1n) is 3.70. The molecule has 0 spiro atoms. The minimum absolute atomic E-state index is 0. The van der Waals surface area contributed by atoms with E-state index in [-0.39, 0.29) is 18.4 Å². The highest BCUT2D eigenvalue weighted by Gasteiger charge is 2.14. The third-order valence-electron chi connectivity index (χ3n) is 1.79. The molecular weight excluding hydrogens is 178 g/mol. The van der Waals surface area contributed by atoms with E-state index in [0.717, 1.165) is 18.5 Å². The zero-order valence-corrected chi connectivity index (χ0v) is 8.19. The van der Waals surface area contributed by atoms with E-state index in [1.807, 2.05) is 13.1 Å². The van der Waals surface area contributed by atoms with Crippen molar-refractivity contribution in [3.63, 3.8) is 0 Å². The first kappa shape index (κ1) is 11.5. The average molecular weight is 192 g/mol. The fraction of sp³-hybridized carbons (Fsp3) is 0.625. The molecule has 0 aromatic heterocycles. The lowest BCUT2D eigenvalue weighted by atomic mass is 10.1. The Labute approximate surface area is 78.8 Å². The van der Waals surface area contributed by atoms with Crippen molar-refractivity contribution in [1.29, 1.82) is 0 Å². The van der Waals surface area contributed by atoms with Crippen LogP contribution in [0.1, 0.15) is 6.42 Å². The van der Waals surface area contributed by atoms with Crippen LogP contribution in [0.25, 0.3) is 0 Å². The number of hydrogen-bond donors (Lipinski definition) is 0. The third-order valence-corrected chi connectivity index (χ3v) is 1.79. The number of hydrogen-bond acceptors (Lipinski definition) is 3. The Hall–Kier alpha value is -0.540. The number of likely N-dealkylation sites (N-methyl/N-ethyl adjacent to an activating group) is 1. The lowest BCUT2D eigenvalue weighted by molar-refractivity contribution is -0.136. The molecule has 1 aliphatic rings. The van der Waals surface area contributed by atoms with Crippen molar-refractivity contribution in [3.8, 4) is 0 Å². The van der Waals surface area contributed by atoms with E-state index in [9.17, 15) is 4.79 Å². The summed E-state index contributed by atoms with van der Waals surface area (Å²) in [7, 11) is 3.41. The maximum Gasteiger partial charge on any atom is 0.334 e. The first-order chi connectivity index (χ1) is 5.24. The highest BCUT2D eigenvalue weighted by atomic mass is 35.5. The van der Waals surface area contributed by atoms with Crippen LogP contribution >= 0.6 is 12.4 Å². The van der Waals surface area contributed by atoms with Gasteiger partial charge in [0.25, 0.3) is 0 Å². The van der Waals surface area contributed by atoms with Crippen LogP contribution in [0.5, 0.6) is 0 Å². The molecule has 0 radical (unpaired) electrons. The van der Waals surface area contributed by atoms with Crippen molar-refractivity contribution < 1.29 is 9.53 Å². The molecule has 12 heavy (non-hydrogen) atoms. The molecule has 1 rings (SSSR count). The predicted molar refractivity (Wildman–Crippen MR) is 49.5 cm³/mol. The van der Waals surface area contributed by atoms with Crippen LogP contribution in [-0.2, 0) is 9.53 Å². The summed E-state index contributed by atoms with van der Waals surface area (Å²) in [5, 5.41) is 0. The molecule has 0 fully saturated rings. The molecule has 0 aliphatic carbocycles. The zero-order chi connectivity index (χ0) is 8.27. The summed E-state index contributed by atoms with van der Waals surface area (Å²) in [6.45, 7) is 1.74. The van der Waals surface area contributed by atoms with Gasteiger partial charge in [0.1, 0.15) is 0 Å². The molecule has 0 saturated heterocycles. The molecule has 0 aromatic rings. The Morgan fingerprint density at radius 3 is 2.83 bits per heavy atom. The number of ether oxygens (including phenoxy) is 1. The lowest BCUT2D eigenvalue weighted by Gasteiger charge is -2.21. The van der Waals surface area contributed by atoms with Gasteiger partial charge in [-0.1, -0.05) is 6.08 Å². The van der Waals surface area contributed by atoms with Gasteiger partial charge < -0.3 is 9.64 Å². The number of nitrogens with zero attached hydrogens (tertiary/aromatic N) is 1. The van der Waals surface area contributed by atoms with Gasteiger partial charge in [0.15, 0.2) is 0 Å². The van der Waals surface area contributed by atoms with Crippen molar-refractivity contribution in [2.45, 2.75) is 6.42 Å². The molecule has 0 unspecified atom stereocenters. The van der Waals surface area contributed by atoms with Crippen LogP contribution in [0.3, 0.4) is 0 Å². The monoisotopic (exact) mass is 191 g/mol. The molecule has 70 valence electrons. The minimum Gasteiger partial charge on any atom is -0.466 e. The Kier molecular flexibility index (Phi) is 4.93. The summed E-state index contributed by atoms with van der Waals surface area (Å²) in [5.41, 5.74) is 0.779. The van der Waals surface area contributed by atoms with Gasteiger partial charge in [-0.2, -0.15) is 0 Å².